The molecule has 7 nitrogen and oxygen atoms in total. The van der Waals surface area contributed by atoms with Gasteiger partial charge in [-0.2, -0.15) is 4.31 Å². The third kappa shape index (κ3) is 5.05. The maximum atomic E-state index is 13.3. The number of nitrogens with zero attached hydrogens (tertiary/aromatic N) is 2. The van der Waals surface area contributed by atoms with Gasteiger partial charge in [0.2, 0.25) is 15.9 Å². The maximum absolute atomic E-state index is 13.3. The fourth-order valence-corrected chi connectivity index (χ4v) is 7.06. The first kappa shape index (κ1) is 22.9. The largest absolute Gasteiger partial charge is 0.351 e. The van der Waals surface area contributed by atoms with Gasteiger partial charge in [0.05, 0.1) is 0 Å². The number of thiophene rings is 1. The molecule has 1 saturated heterocycles. The molecule has 2 amide bonds. The minimum atomic E-state index is -3.79. The van der Waals surface area contributed by atoms with E-state index in [2.05, 4.69) is 5.32 Å². The van der Waals surface area contributed by atoms with Gasteiger partial charge in [-0.05, 0) is 41.8 Å². The fraction of sp³-hybridized carbons (Fsp3) is 0.478. The van der Waals surface area contributed by atoms with Crippen LogP contribution < -0.4 is 5.32 Å². The van der Waals surface area contributed by atoms with E-state index in [1.54, 1.807) is 5.38 Å². The van der Waals surface area contributed by atoms with Crippen molar-refractivity contribution in [2.45, 2.75) is 50.0 Å². The second-order valence-electron chi connectivity index (χ2n) is 8.27. The van der Waals surface area contributed by atoms with Crippen molar-refractivity contribution in [3.05, 3.63) is 51.7 Å². The van der Waals surface area contributed by atoms with Gasteiger partial charge in [-0.3, -0.25) is 9.59 Å². The Labute approximate surface area is 193 Å². The molecule has 4 rings (SSSR count). The van der Waals surface area contributed by atoms with Crippen molar-refractivity contribution >= 4 is 33.2 Å². The van der Waals surface area contributed by atoms with Crippen LogP contribution in [0, 0.1) is 0 Å². The van der Waals surface area contributed by atoms with Crippen LogP contribution in [0.2, 0.25) is 0 Å². The quantitative estimate of drug-likeness (QED) is 0.696. The molecule has 2 aromatic rings. The molecule has 2 aliphatic heterocycles. The molecule has 0 atom stereocenters. The Bertz CT molecular complexity index is 1070. The van der Waals surface area contributed by atoms with Crippen molar-refractivity contribution in [2.75, 3.05) is 26.2 Å². The number of rotatable bonds is 6. The Hall–Kier alpha value is -2.23. The van der Waals surface area contributed by atoms with Crippen LogP contribution in [0.4, 0.5) is 0 Å². The van der Waals surface area contributed by atoms with Crippen molar-refractivity contribution in [3.63, 3.8) is 0 Å². The minimum absolute atomic E-state index is 0.0400. The van der Waals surface area contributed by atoms with E-state index >= 15 is 0 Å². The molecule has 3 heterocycles. The highest BCUT2D eigenvalue weighted by Gasteiger charge is 2.32. The Morgan fingerprint density at radius 3 is 2.44 bits per heavy atom. The summed E-state index contributed by atoms with van der Waals surface area (Å²) >= 11 is 1.11. The standard InChI is InChI=1S/C23H29N3O4S2/c27-21(25-13-5-1-2-6-14-25)9-12-24-23(28)22-20(11-16-31-22)32(29,30)26-15-10-18-7-3-4-8-19(18)17-26/h3-4,7-8,11,16H,1-2,5-6,9-10,12-15,17H2,(H,24,28). The molecular weight excluding hydrogens is 446 g/mol. The number of sulfonamides is 1. The van der Waals surface area contributed by atoms with E-state index in [4.69, 9.17) is 0 Å². The summed E-state index contributed by atoms with van der Waals surface area (Å²) < 4.78 is 28.0. The molecule has 32 heavy (non-hydrogen) atoms. The van der Waals surface area contributed by atoms with Crippen molar-refractivity contribution in [3.8, 4) is 0 Å². The van der Waals surface area contributed by atoms with Crippen LogP contribution in [0.5, 0.6) is 0 Å². The lowest BCUT2D eigenvalue weighted by atomic mass is 10.0. The molecule has 1 fully saturated rings. The Kier molecular flexibility index (Phi) is 7.27. The molecule has 1 aromatic heterocycles. The molecule has 0 unspecified atom stereocenters. The predicted molar refractivity (Wildman–Crippen MR) is 124 cm³/mol. The van der Waals surface area contributed by atoms with Crippen LogP contribution in [-0.4, -0.2) is 55.6 Å². The summed E-state index contributed by atoms with van der Waals surface area (Å²) in [7, 11) is -3.79. The zero-order chi connectivity index (χ0) is 22.6. The van der Waals surface area contributed by atoms with E-state index < -0.39 is 15.9 Å². The van der Waals surface area contributed by atoms with E-state index in [-0.39, 0.29) is 28.6 Å². The maximum Gasteiger partial charge on any atom is 0.262 e. The highest BCUT2D eigenvalue weighted by Crippen LogP contribution is 2.29. The summed E-state index contributed by atoms with van der Waals surface area (Å²) in [6, 6.07) is 9.33. The third-order valence-electron chi connectivity index (χ3n) is 6.13. The Balaban J connectivity index is 1.38. The van der Waals surface area contributed by atoms with Gasteiger partial charge in [0.1, 0.15) is 9.77 Å². The zero-order valence-electron chi connectivity index (χ0n) is 18.1. The highest BCUT2D eigenvalue weighted by molar-refractivity contribution is 7.89. The van der Waals surface area contributed by atoms with Crippen LogP contribution in [0.3, 0.4) is 0 Å². The molecule has 0 aliphatic carbocycles. The molecule has 0 bridgehead atoms. The number of carbonyl (C=O) groups excluding carboxylic acids is 2. The van der Waals surface area contributed by atoms with Crippen molar-refractivity contribution < 1.29 is 18.0 Å². The summed E-state index contributed by atoms with van der Waals surface area (Å²) in [6.45, 7) is 2.45. The average Bonchev–Trinajstić information content (AvgIpc) is 3.15. The van der Waals surface area contributed by atoms with E-state index in [0.29, 0.717) is 19.5 Å². The molecule has 2 aliphatic rings. The summed E-state index contributed by atoms with van der Waals surface area (Å²) in [4.78, 5) is 27.3. The first-order chi connectivity index (χ1) is 15.5. The molecule has 0 radical (unpaired) electrons. The summed E-state index contributed by atoms with van der Waals surface area (Å²) in [5, 5.41) is 4.37. The van der Waals surface area contributed by atoms with Gasteiger partial charge >= 0.3 is 0 Å². The van der Waals surface area contributed by atoms with Crippen LogP contribution in [-0.2, 0) is 27.8 Å². The lowest BCUT2D eigenvalue weighted by molar-refractivity contribution is -0.131. The normalized spacial score (nSPS) is 17.4. The van der Waals surface area contributed by atoms with E-state index in [9.17, 15) is 18.0 Å². The van der Waals surface area contributed by atoms with Gasteiger partial charge in [-0.25, -0.2) is 8.42 Å². The average molecular weight is 476 g/mol. The van der Waals surface area contributed by atoms with Gasteiger partial charge in [0.25, 0.3) is 5.91 Å². The molecule has 1 aromatic carbocycles. The van der Waals surface area contributed by atoms with Crippen LogP contribution >= 0.6 is 11.3 Å². The van der Waals surface area contributed by atoms with Gasteiger partial charge in [0.15, 0.2) is 0 Å². The Morgan fingerprint density at radius 1 is 0.969 bits per heavy atom. The first-order valence-corrected chi connectivity index (χ1v) is 13.5. The lowest BCUT2D eigenvalue weighted by Crippen LogP contribution is -2.37. The topological polar surface area (TPSA) is 86.8 Å². The van der Waals surface area contributed by atoms with Gasteiger partial charge in [-0.1, -0.05) is 37.1 Å². The smallest absolute Gasteiger partial charge is 0.262 e. The summed E-state index contributed by atoms with van der Waals surface area (Å²) in [5.74, 6) is -0.405. The second kappa shape index (κ2) is 10.1. The van der Waals surface area contributed by atoms with Gasteiger partial charge in [-0.15, -0.1) is 11.3 Å². The van der Waals surface area contributed by atoms with E-state index in [1.165, 1.54) is 10.4 Å². The van der Waals surface area contributed by atoms with Crippen molar-refractivity contribution in [2.24, 2.45) is 0 Å². The number of benzene rings is 1. The summed E-state index contributed by atoms with van der Waals surface area (Å²) in [5.41, 5.74) is 2.16. The molecule has 1 N–H and O–H groups in total. The van der Waals surface area contributed by atoms with Crippen LogP contribution in [0.15, 0.2) is 40.6 Å². The highest BCUT2D eigenvalue weighted by atomic mass is 32.2. The summed E-state index contributed by atoms with van der Waals surface area (Å²) in [6.07, 6.45) is 5.23. The number of hydrogen-bond acceptors (Lipinski definition) is 5. The van der Waals surface area contributed by atoms with Crippen LogP contribution in [0.1, 0.15) is 52.9 Å². The molecule has 172 valence electrons. The molecule has 9 heteroatoms. The predicted octanol–water partition coefficient (Wildman–Crippen LogP) is 3.02. The van der Waals surface area contributed by atoms with E-state index in [1.807, 2.05) is 29.2 Å². The van der Waals surface area contributed by atoms with Gasteiger partial charge < -0.3 is 10.2 Å². The van der Waals surface area contributed by atoms with Crippen molar-refractivity contribution in [1.29, 1.82) is 0 Å². The first-order valence-electron chi connectivity index (χ1n) is 11.2. The lowest BCUT2D eigenvalue weighted by Gasteiger charge is -2.28. The number of nitrogens with one attached hydrogen (secondary N) is 1. The van der Waals surface area contributed by atoms with E-state index in [0.717, 1.165) is 61.2 Å². The number of likely N-dealkylation sites (tertiary alicyclic amines) is 1. The number of amides is 2. The van der Waals surface area contributed by atoms with Crippen LogP contribution in [0.25, 0.3) is 0 Å². The number of carbonyl (C=O) groups is 2. The minimum Gasteiger partial charge on any atom is -0.351 e. The van der Waals surface area contributed by atoms with Gasteiger partial charge in [0, 0.05) is 39.1 Å². The molecule has 0 saturated carbocycles. The SMILES string of the molecule is O=C(NCCC(=O)N1CCCCCC1)c1sccc1S(=O)(=O)N1CCc2ccccc2C1. The Morgan fingerprint density at radius 2 is 1.69 bits per heavy atom. The number of hydrogen-bond donors (Lipinski definition) is 1. The fourth-order valence-electron chi connectivity index (χ4n) is 4.32. The molecule has 0 spiro atoms. The monoisotopic (exact) mass is 475 g/mol. The molecular formula is C23H29N3O4S2. The zero-order valence-corrected chi connectivity index (χ0v) is 19.7. The van der Waals surface area contributed by atoms with Crippen molar-refractivity contribution in [1.82, 2.24) is 14.5 Å². The third-order valence-corrected chi connectivity index (χ3v) is 9.06. The second-order valence-corrected chi connectivity index (χ2v) is 11.1. The number of fused-ring (bicyclic) bond motifs is 1.